The fourth-order valence-corrected chi connectivity index (χ4v) is 2.58. The predicted octanol–water partition coefficient (Wildman–Crippen LogP) is 1.59. The van der Waals surface area contributed by atoms with Crippen molar-refractivity contribution in [2.24, 2.45) is 0 Å². The lowest BCUT2D eigenvalue weighted by molar-refractivity contribution is 0.611. The van der Waals surface area contributed by atoms with Crippen LogP contribution < -0.4 is 10.9 Å². The lowest BCUT2D eigenvalue weighted by Crippen LogP contribution is -2.26. The van der Waals surface area contributed by atoms with Crippen LogP contribution in [0.25, 0.3) is 0 Å². The number of hydrogen-bond acceptors (Lipinski definition) is 4. The number of rotatable bonds is 6. The third-order valence-electron chi connectivity index (χ3n) is 2.52. The second-order valence-electron chi connectivity index (χ2n) is 4.10. The van der Waals surface area contributed by atoms with Crippen LogP contribution in [0.1, 0.15) is 20.3 Å². The summed E-state index contributed by atoms with van der Waals surface area (Å²) >= 11 is 3.28. The molecule has 0 aliphatic carbocycles. The first kappa shape index (κ1) is 15.4. The van der Waals surface area contributed by atoms with Crippen molar-refractivity contribution in [2.45, 2.75) is 32.9 Å². The van der Waals surface area contributed by atoms with Gasteiger partial charge in [0.1, 0.15) is 4.47 Å². The number of aromatic nitrogens is 2. The lowest BCUT2D eigenvalue weighted by Gasteiger charge is -2.15. The van der Waals surface area contributed by atoms with Crippen LogP contribution >= 0.6 is 15.9 Å². The van der Waals surface area contributed by atoms with Crippen LogP contribution in [-0.2, 0) is 17.3 Å². The predicted molar refractivity (Wildman–Crippen MR) is 78.5 cm³/mol. The first-order valence-electron chi connectivity index (χ1n) is 5.77. The van der Waals surface area contributed by atoms with Gasteiger partial charge in [-0.15, -0.1) is 0 Å². The third-order valence-corrected chi connectivity index (χ3v) is 4.10. The smallest absolute Gasteiger partial charge is 0.283 e. The molecule has 0 fully saturated rings. The molecule has 0 saturated carbocycles. The molecule has 102 valence electrons. The molecule has 0 bridgehead atoms. The van der Waals surface area contributed by atoms with Crippen LogP contribution in [0.2, 0.25) is 0 Å². The molecule has 0 aliphatic heterocycles. The molecule has 0 saturated heterocycles. The second-order valence-corrected chi connectivity index (χ2v) is 6.45. The maximum atomic E-state index is 11.8. The molecule has 18 heavy (non-hydrogen) atoms. The summed E-state index contributed by atoms with van der Waals surface area (Å²) < 4.78 is 12.9. The first-order chi connectivity index (χ1) is 8.45. The van der Waals surface area contributed by atoms with E-state index < -0.39 is 10.8 Å². The average molecular weight is 336 g/mol. The molecule has 5 nitrogen and oxygen atoms in total. The highest BCUT2D eigenvalue weighted by molar-refractivity contribution is 9.10. The molecular formula is C11H18BrN3O2S. The SMILES string of the molecule is CCn1ncc(NC(C)CCS(C)=O)c(Br)c1=O. The number of hydrogen-bond donors (Lipinski definition) is 1. The zero-order chi connectivity index (χ0) is 13.7. The Morgan fingerprint density at radius 2 is 2.28 bits per heavy atom. The zero-order valence-electron chi connectivity index (χ0n) is 10.8. The van der Waals surface area contributed by atoms with Crippen LogP contribution in [0.4, 0.5) is 5.69 Å². The Bertz CT molecular complexity index is 490. The average Bonchev–Trinajstić information content (AvgIpc) is 2.33. The maximum Gasteiger partial charge on any atom is 0.283 e. The van der Waals surface area contributed by atoms with Gasteiger partial charge in [-0.3, -0.25) is 9.00 Å². The minimum absolute atomic E-state index is 0.142. The molecule has 2 atom stereocenters. The van der Waals surface area contributed by atoms with E-state index in [9.17, 15) is 9.00 Å². The molecule has 0 spiro atoms. The molecule has 1 aromatic rings. The van der Waals surface area contributed by atoms with Gasteiger partial charge in [-0.1, -0.05) is 0 Å². The van der Waals surface area contributed by atoms with Gasteiger partial charge in [0.25, 0.3) is 5.56 Å². The normalized spacial score (nSPS) is 14.2. The summed E-state index contributed by atoms with van der Waals surface area (Å²) in [5.74, 6) is 0.644. The monoisotopic (exact) mass is 335 g/mol. The molecule has 0 amide bonds. The number of halogens is 1. The van der Waals surface area contributed by atoms with Crippen LogP contribution in [0.15, 0.2) is 15.5 Å². The van der Waals surface area contributed by atoms with Crippen LogP contribution in [-0.4, -0.2) is 32.0 Å². The molecule has 2 unspecified atom stereocenters. The number of anilines is 1. The molecule has 7 heteroatoms. The largest absolute Gasteiger partial charge is 0.380 e. The second kappa shape index (κ2) is 7.04. The summed E-state index contributed by atoms with van der Waals surface area (Å²) in [6.45, 7) is 4.40. The van der Waals surface area contributed by atoms with E-state index in [1.807, 2.05) is 13.8 Å². The van der Waals surface area contributed by atoms with Crippen molar-refractivity contribution in [2.75, 3.05) is 17.3 Å². The van der Waals surface area contributed by atoms with E-state index in [2.05, 4.69) is 26.3 Å². The van der Waals surface area contributed by atoms with Crippen molar-refractivity contribution in [3.63, 3.8) is 0 Å². The highest BCUT2D eigenvalue weighted by Crippen LogP contribution is 2.17. The highest BCUT2D eigenvalue weighted by atomic mass is 79.9. The van der Waals surface area contributed by atoms with E-state index in [1.165, 1.54) is 4.68 Å². The summed E-state index contributed by atoms with van der Waals surface area (Å²) in [5.41, 5.74) is 0.535. The van der Waals surface area contributed by atoms with Crippen LogP contribution in [0.3, 0.4) is 0 Å². The maximum absolute atomic E-state index is 11.8. The van der Waals surface area contributed by atoms with Gasteiger partial charge in [-0.25, -0.2) is 4.68 Å². The molecule has 1 N–H and O–H groups in total. The summed E-state index contributed by atoms with van der Waals surface area (Å²) in [5, 5.41) is 7.26. The highest BCUT2D eigenvalue weighted by Gasteiger charge is 2.10. The van der Waals surface area contributed by atoms with Gasteiger partial charge in [0.2, 0.25) is 0 Å². The van der Waals surface area contributed by atoms with Crippen molar-refractivity contribution >= 4 is 32.4 Å². The molecule has 1 aromatic heterocycles. The summed E-state index contributed by atoms with van der Waals surface area (Å²) in [6.07, 6.45) is 4.10. The Morgan fingerprint density at radius 3 is 2.83 bits per heavy atom. The Morgan fingerprint density at radius 1 is 1.61 bits per heavy atom. The minimum Gasteiger partial charge on any atom is -0.380 e. The Labute approximate surface area is 118 Å². The van der Waals surface area contributed by atoms with E-state index >= 15 is 0 Å². The van der Waals surface area contributed by atoms with Crippen molar-refractivity contribution in [3.05, 3.63) is 21.0 Å². The summed E-state index contributed by atoms with van der Waals surface area (Å²) in [7, 11) is -0.792. The Balaban J connectivity index is 2.76. The molecule has 0 radical (unpaired) electrons. The fourth-order valence-electron chi connectivity index (χ4n) is 1.47. The molecule has 0 aliphatic rings. The van der Waals surface area contributed by atoms with E-state index in [0.717, 1.165) is 6.42 Å². The number of nitrogens with zero attached hydrogens (tertiary/aromatic N) is 2. The zero-order valence-corrected chi connectivity index (χ0v) is 13.2. The summed E-state index contributed by atoms with van der Waals surface area (Å²) in [6, 6.07) is 0.142. The van der Waals surface area contributed by atoms with E-state index in [4.69, 9.17) is 0 Å². The van der Waals surface area contributed by atoms with Gasteiger partial charge in [0.05, 0.1) is 11.9 Å². The standard InChI is InChI=1S/C11H18BrN3O2S/c1-4-15-11(16)10(12)9(7-13-15)14-8(2)5-6-18(3)17/h7-8,14H,4-6H2,1-3H3. The first-order valence-corrected chi connectivity index (χ1v) is 8.29. The van der Waals surface area contributed by atoms with E-state index in [0.29, 0.717) is 22.5 Å². The van der Waals surface area contributed by atoms with Gasteiger partial charge < -0.3 is 5.32 Å². The van der Waals surface area contributed by atoms with Crippen molar-refractivity contribution in [1.82, 2.24) is 9.78 Å². The number of nitrogens with one attached hydrogen (secondary N) is 1. The molecular weight excluding hydrogens is 318 g/mol. The van der Waals surface area contributed by atoms with Gasteiger partial charge >= 0.3 is 0 Å². The topological polar surface area (TPSA) is 64.0 Å². The number of aryl methyl sites for hydroxylation is 1. The minimum atomic E-state index is -0.792. The van der Waals surface area contributed by atoms with E-state index in [-0.39, 0.29) is 11.6 Å². The van der Waals surface area contributed by atoms with Gasteiger partial charge in [0, 0.05) is 35.4 Å². The third kappa shape index (κ3) is 4.20. The Hall–Kier alpha value is -0.690. The van der Waals surface area contributed by atoms with Crippen molar-refractivity contribution in [1.29, 1.82) is 0 Å². The quantitative estimate of drug-likeness (QED) is 0.857. The van der Waals surface area contributed by atoms with Gasteiger partial charge in [-0.05, 0) is 36.2 Å². The fraction of sp³-hybridized carbons (Fsp3) is 0.636. The molecule has 0 aromatic carbocycles. The van der Waals surface area contributed by atoms with Gasteiger partial charge in [-0.2, -0.15) is 5.10 Å². The molecule has 1 heterocycles. The van der Waals surface area contributed by atoms with Gasteiger partial charge in [0.15, 0.2) is 0 Å². The lowest BCUT2D eigenvalue weighted by atomic mass is 10.2. The van der Waals surface area contributed by atoms with Crippen molar-refractivity contribution < 1.29 is 4.21 Å². The summed E-state index contributed by atoms with van der Waals surface area (Å²) in [4.78, 5) is 11.8. The Kier molecular flexibility index (Phi) is 6.01. The van der Waals surface area contributed by atoms with Crippen LogP contribution in [0, 0.1) is 0 Å². The van der Waals surface area contributed by atoms with Crippen LogP contribution in [0.5, 0.6) is 0 Å². The van der Waals surface area contributed by atoms with Crippen molar-refractivity contribution in [3.8, 4) is 0 Å². The molecule has 1 rings (SSSR count). The van der Waals surface area contributed by atoms with E-state index in [1.54, 1.807) is 12.5 Å².